The van der Waals surface area contributed by atoms with Gasteiger partial charge in [-0.15, -0.1) is 0 Å². The van der Waals surface area contributed by atoms with E-state index in [2.05, 4.69) is 165 Å². The van der Waals surface area contributed by atoms with Crippen LogP contribution in [-0.4, -0.2) is 112 Å². The van der Waals surface area contributed by atoms with Gasteiger partial charge in [0, 0.05) is 75.6 Å². The molecule has 8 aromatic carbocycles. The second-order valence-electron chi connectivity index (χ2n) is 27.6. The van der Waals surface area contributed by atoms with Crippen molar-refractivity contribution in [3.8, 4) is 90.8 Å². The number of fused-ring (bicyclic) bond motifs is 6. The Labute approximate surface area is 616 Å². The van der Waals surface area contributed by atoms with Gasteiger partial charge < -0.3 is 33.7 Å². The molecule has 1 fully saturated rings. The van der Waals surface area contributed by atoms with Crippen molar-refractivity contribution in [3.05, 3.63) is 272 Å². The second kappa shape index (κ2) is 27.8. The number of pyridine rings is 4. The summed E-state index contributed by atoms with van der Waals surface area (Å²) in [4.78, 5) is 42.8. The molecule has 21 heteroatoms. The van der Waals surface area contributed by atoms with Crippen LogP contribution < -0.4 is 14.9 Å². The van der Waals surface area contributed by atoms with Gasteiger partial charge in [-0.1, -0.05) is 97.1 Å². The van der Waals surface area contributed by atoms with E-state index in [1.807, 2.05) is 174 Å². The van der Waals surface area contributed by atoms with Gasteiger partial charge in [0.05, 0.1) is 99.5 Å². The van der Waals surface area contributed by atoms with Gasteiger partial charge in [-0.3, -0.25) is 34.4 Å². The van der Waals surface area contributed by atoms with Crippen LogP contribution in [0.3, 0.4) is 0 Å². The maximum Gasteiger partial charge on any atom is 0.494 e. The first-order valence-corrected chi connectivity index (χ1v) is 35.4. The highest BCUT2D eigenvalue weighted by Crippen LogP contribution is 2.40. The minimum absolute atomic E-state index is 0.410. The molecule has 19 rings (SSSR count). The zero-order valence-electron chi connectivity index (χ0n) is 60.2. The summed E-state index contributed by atoms with van der Waals surface area (Å²) in [5.74, 6) is 3.90. The fraction of sp³-hybridized carbons (Fsp3) is 0.140. The molecule has 0 radical (unpaired) electrons. The van der Waals surface area contributed by atoms with Gasteiger partial charge in [-0.25, -0.2) is 15.0 Å². The molecule has 0 saturated carbocycles. The van der Waals surface area contributed by atoms with Crippen molar-refractivity contribution in [2.24, 2.45) is 0 Å². The zero-order chi connectivity index (χ0) is 72.9. The number of hydrogen-bond acceptors (Lipinski definition) is 14. The number of nitrogens with zero attached hydrogens (tertiary/aromatic N) is 12. The summed E-state index contributed by atoms with van der Waals surface area (Å²) in [6, 6.07) is 71.1. The van der Waals surface area contributed by atoms with Crippen LogP contribution in [0.1, 0.15) is 49.9 Å². The summed E-state index contributed by atoms with van der Waals surface area (Å²) in [5.41, 5.74) is 23.9. The van der Waals surface area contributed by atoms with E-state index in [1.165, 1.54) is 0 Å². The Bertz CT molecular complexity index is 6180. The normalized spacial score (nSPS) is 13.2. The molecule has 0 atom stereocenters. The van der Waals surface area contributed by atoms with Gasteiger partial charge in [0.2, 0.25) is 0 Å². The molecule has 18 aromatic rings. The van der Waals surface area contributed by atoms with E-state index >= 15 is 0 Å². The molecule has 107 heavy (non-hydrogen) atoms. The Kier molecular flexibility index (Phi) is 17.4. The molecule has 0 amide bonds. The Hall–Kier alpha value is -13.2. The summed E-state index contributed by atoms with van der Waals surface area (Å²) in [5, 5.41) is 20.8. The fourth-order valence-electron chi connectivity index (χ4n) is 13.8. The van der Waals surface area contributed by atoms with Gasteiger partial charge in [-0.05, 0) is 196 Å². The van der Waals surface area contributed by atoms with Crippen molar-refractivity contribution in [2.75, 3.05) is 14.2 Å². The lowest BCUT2D eigenvalue weighted by Crippen LogP contribution is -2.41. The van der Waals surface area contributed by atoms with Crippen LogP contribution in [0.2, 0.25) is 0 Å². The lowest BCUT2D eigenvalue weighted by Gasteiger charge is -2.32. The summed E-state index contributed by atoms with van der Waals surface area (Å²) in [6.45, 7) is 13.7. The van der Waals surface area contributed by atoms with E-state index < -0.39 is 18.3 Å². The van der Waals surface area contributed by atoms with Gasteiger partial charge in [-0.2, -0.15) is 15.3 Å². The van der Waals surface area contributed by atoms with Crippen molar-refractivity contribution in [3.63, 3.8) is 0 Å². The minimum atomic E-state index is -0.451. The van der Waals surface area contributed by atoms with Crippen molar-refractivity contribution in [2.45, 2.75) is 65.8 Å². The van der Waals surface area contributed by atoms with Gasteiger partial charge >= 0.3 is 7.12 Å². The number of methoxy groups -OCH3 is 2. The van der Waals surface area contributed by atoms with Gasteiger partial charge in [0.1, 0.15) is 28.6 Å². The molecule has 4 N–H and O–H groups in total. The Morgan fingerprint density at radius 1 is 0.421 bits per heavy atom. The summed E-state index contributed by atoms with van der Waals surface area (Å²) >= 11 is 0. The number of aromatic nitrogens is 16. The first-order valence-electron chi connectivity index (χ1n) is 35.4. The molecule has 1 aliphatic heterocycles. The molecule has 524 valence electrons. The van der Waals surface area contributed by atoms with Crippen molar-refractivity contribution < 1.29 is 18.8 Å². The van der Waals surface area contributed by atoms with E-state index in [0.29, 0.717) is 13.1 Å². The standard InChI is InChI=1S/C33H26N6O.C28H29BN4O3.C25H18N6/c1-21-26(18-34-19-27(21)28-7-5-6-16-35-28)23-12-15-31-25(17-23)32(33-36-29-8-3-4-9-30(29)37-33)38-39(31)20-22-10-13-24(40-2)14-11-22;1-27(2)28(3,4)36-29(35-27)19-12-15-24-21(16-19)25(26-30-22-8-6-7-9-23(22)31-26)32-33(24)17-18-10-13-20(34-5)14-11-18;1-15-18(13-26-14-19(15)20-6-4-5-11-27-20)16-9-10-21-17(12-16)24(31-30-21)25-28-22-7-2-3-8-23(22)29-25/h3-19H,20H2,1-2H3,(H,36,37);6-16H,17H2,1-5H3,(H,30,31);2-14H,1H3,(H,28,29)(H,30,31). The molecule has 0 unspecified atom stereocenters. The highest BCUT2D eigenvalue weighted by atomic mass is 16.7. The van der Waals surface area contributed by atoms with Gasteiger partial charge in [0.25, 0.3) is 0 Å². The number of hydrogen-bond donors (Lipinski definition) is 4. The number of benzene rings is 8. The summed E-state index contributed by atoms with van der Waals surface area (Å²) in [7, 11) is 2.90. The third-order valence-corrected chi connectivity index (χ3v) is 20.4. The predicted molar refractivity (Wildman–Crippen MR) is 423 cm³/mol. The van der Waals surface area contributed by atoms with Crippen LogP contribution in [0.15, 0.2) is 250 Å². The molecule has 1 saturated heterocycles. The van der Waals surface area contributed by atoms with E-state index in [1.54, 1.807) is 20.4 Å². The van der Waals surface area contributed by atoms with E-state index in [-0.39, 0.29) is 0 Å². The SMILES string of the molecule is COc1ccc(Cn2nc(-c3nc4ccccc4[nH]3)c3cc(-c4cncc(-c5ccccn5)c4C)ccc32)cc1.COc1ccc(Cn2nc(-c3nc4ccccc4[nH]3)c3cc(B4OC(C)(C)C(C)(C)O4)ccc32)cc1.Cc1c(-c2ccc3[nH]nc(-c4nc5ccccc5[nH]4)c3c2)cncc1-c1ccccn1. The summed E-state index contributed by atoms with van der Waals surface area (Å²) < 4.78 is 27.4. The Morgan fingerprint density at radius 2 is 0.841 bits per heavy atom. The maximum atomic E-state index is 6.33. The molecule has 0 spiro atoms. The molecule has 10 aromatic heterocycles. The lowest BCUT2D eigenvalue weighted by atomic mass is 9.78. The number of nitrogens with one attached hydrogen (secondary N) is 4. The highest BCUT2D eigenvalue weighted by molar-refractivity contribution is 6.62. The van der Waals surface area contributed by atoms with Gasteiger partial charge in [0.15, 0.2) is 17.5 Å². The molecular weight excluding hydrogens is 1330 g/mol. The number of imidazole rings is 3. The monoisotopic (exact) mass is 1400 g/mol. The minimum Gasteiger partial charge on any atom is -0.497 e. The molecule has 0 bridgehead atoms. The van der Waals surface area contributed by atoms with Crippen LogP contribution in [0.4, 0.5) is 0 Å². The maximum absolute atomic E-state index is 6.33. The molecular formula is C86H73BN16O4. The van der Waals surface area contributed by atoms with Crippen molar-refractivity contribution in [1.29, 1.82) is 0 Å². The van der Waals surface area contributed by atoms with Crippen LogP contribution in [0, 0.1) is 13.8 Å². The van der Waals surface area contributed by atoms with Crippen LogP contribution >= 0.6 is 0 Å². The fourth-order valence-corrected chi connectivity index (χ4v) is 13.8. The third kappa shape index (κ3) is 13.0. The van der Waals surface area contributed by atoms with Crippen LogP contribution in [0.25, 0.3) is 145 Å². The first kappa shape index (κ1) is 67.0. The Morgan fingerprint density at radius 3 is 1.30 bits per heavy atom. The number of H-pyrrole nitrogens is 4. The second-order valence-corrected chi connectivity index (χ2v) is 27.6. The van der Waals surface area contributed by atoms with Crippen LogP contribution in [-0.2, 0) is 22.4 Å². The molecule has 11 heterocycles. The van der Waals surface area contributed by atoms with E-state index in [4.69, 9.17) is 43.9 Å². The number of rotatable bonds is 14. The number of para-hydroxylation sites is 6. The van der Waals surface area contributed by atoms with E-state index in [9.17, 15) is 0 Å². The quantitative estimate of drug-likeness (QED) is 0.0741. The number of ether oxygens (including phenoxy) is 2. The van der Waals surface area contributed by atoms with E-state index in [0.717, 1.165) is 184 Å². The smallest absolute Gasteiger partial charge is 0.494 e. The average molecular weight is 1410 g/mol. The molecule has 0 aliphatic carbocycles. The van der Waals surface area contributed by atoms with Crippen LogP contribution in [0.5, 0.6) is 11.5 Å². The largest absolute Gasteiger partial charge is 0.497 e. The molecule has 20 nitrogen and oxygen atoms in total. The topological polar surface area (TPSA) is 239 Å². The number of aromatic amines is 4. The molecule has 1 aliphatic rings. The highest BCUT2D eigenvalue weighted by Gasteiger charge is 2.52. The Balaban J connectivity index is 0.000000119. The lowest BCUT2D eigenvalue weighted by molar-refractivity contribution is 0.00578. The third-order valence-electron chi connectivity index (χ3n) is 20.4. The summed E-state index contributed by atoms with van der Waals surface area (Å²) in [6.07, 6.45) is 11.2. The average Bonchev–Trinajstić information content (AvgIpc) is 1.61. The zero-order valence-corrected chi connectivity index (χ0v) is 60.2. The predicted octanol–water partition coefficient (Wildman–Crippen LogP) is 17.5. The van der Waals surface area contributed by atoms with Crippen molar-refractivity contribution in [1.82, 2.24) is 79.6 Å². The van der Waals surface area contributed by atoms with Crippen molar-refractivity contribution >= 4 is 78.4 Å². The first-order chi connectivity index (χ1) is 52.2.